The lowest BCUT2D eigenvalue weighted by Gasteiger charge is -2.33. The van der Waals surface area contributed by atoms with E-state index in [1.165, 1.54) is 28.6 Å². The Hall–Kier alpha value is -1.67. The summed E-state index contributed by atoms with van der Waals surface area (Å²) in [6.45, 7) is 11.5. The van der Waals surface area contributed by atoms with E-state index in [0.717, 1.165) is 46.2 Å². The smallest absolute Gasteiger partial charge is 0.233 e. The van der Waals surface area contributed by atoms with E-state index in [2.05, 4.69) is 49.2 Å². The molecular weight excluding hydrogens is 390 g/mol. The Labute approximate surface area is 173 Å². The maximum atomic E-state index is 12.8. The zero-order valence-electron chi connectivity index (χ0n) is 17.2. The molecule has 4 heterocycles. The van der Waals surface area contributed by atoms with Crippen LogP contribution in [-0.4, -0.2) is 48.7 Å². The lowest BCUT2D eigenvalue weighted by Crippen LogP contribution is -2.42. The molecule has 0 aromatic carbocycles. The summed E-state index contributed by atoms with van der Waals surface area (Å²) in [5, 5.41) is 10.8. The van der Waals surface area contributed by atoms with Crippen LogP contribution >= 0.6 is 23.1 Å². The van der Waals surface area contributed by atoms with Gasteiger partial charge in [-0.25, -0.2) is 4.98 Å². The first-order valence-corrected chi connectivity index (χ1v) is 11.8. The molecule has 1 fully saturated rings. The van der Waals surface area contributed by atoms with Crippen LogP contribution in [0.5, 0.6) is 0 Å². The fourth-order valence-electron chi connectivity index (χ4n) is 3.90. The minimum Gasteiger partial charge on any atom is -0.339 e. The second-order valence-corrected chi connectivity index (χ2v) is 10.1. The second kappa shape index (κ2) is 7.63. The van der Waals surface area contributed by atoms with Gasteiger partial charge in [0, 0.05) is 23.4 Å². The zero-order chi connectivity index (χ0) is 20.0. The standard InChI is InChI=1S/C20H27N5OS2/c1-11(2)17-21-19-16(13(4)14(5)28-19)18-22-23-20(25(17)18)27-10-15(26)24-9-7-6-8-12(24)3/h11-12H,6-10H2,1-5H3. The van der Waals surface area contributed by atoms with Crippen molar-refractivity contribution in [3.8, 4) is 0 Å². The monoisotopic (exact) mass is 417 g/mol. The highest BCUT2D eigenvalue weighted by molar-refractivity contribution is 7.99. The third-order valence-corrected chi connectivity index (χ3v) is 7.65. The normalized spacial score (nSPS) is 17.9. The van der Waals surface area contributed by atoms with Gasteiger partial charge in [-0.05, 0) is 45.6 Å². The van der Waals surface area contributed by atoms with Crippen molar-refractivity contribution in [2.75, 3.05) is 12.3 Å². The highest BCUT2D eigenvalue weighted by Gasteiger charge is 2.25. The van der Waals surface area contributed by atoms with Crippen molar-refractivity contribution in [3.63, 3.8) is 0 Å². The fraction of sp³-hybridized carbons (Fsp3) is 0.600. The summed E-state index contributed by atoms with van der Waals surface area (Å²) >= 11 is 3.19. The van der Waals surface area contributed by atoms with Crippen LogP contribution in [0.3, 0.4) is 0 Å². The van der Waals surface area contributed by atoms with Gasteiger partial charge in [0.05, 0.1) is 11.1 Å². The van der Waals surface area contributed by atoms with E-state index in [1.807, 2.05) is 4.90 Å². The second-order valence-electron chi connectivity index (χ2n) is 7.95. The van der Waals surface area contributed by atoms with Crippen molar-refractivity contribution in [2.45, 2.75) is 71.0 Å². The Bertz CT molecular complexity index is 1040. The molecule has 0 aliphatic carbocycles. The Kier molecular flexibility index (Phi) is 5.35. The zero-order valence-corrected chi connectivity index (χ0v) is 18.8. The van der Waals surface area contributed by atoms with Gasteiger partial charge >= 0.3 is 0 Å². The van der Waals surface area contributed by atoms with Crippen LogP contribution in [0.1, 0.15) is 62.2 Å². The maximum absolute atomic E-state index is 12.8. The number of thiophene rings is 1. The van der Waals surface area contributed by atoms with E-state index in [1.54, 1.807) is 11.3 Å². The van der Waals surface area contributed by atoms with Gasteiger partial charge in [0.1, 0.15) is 10.7 Å². The van der Waals surface area contributed by atoms with Crippen LogP contribution in [0.15, 0.2) is 5.16 Å². The van der Waals surface area contributed by atoms with E-state index < -0.39 is 0 Å². The number of carbonyl (C=O) groups excluding carboxylic acids is 1. The summed E-state index contributed by atoms with van der Waals surface area (Å²) in [5.41, 5.74) is 2.08. The summed E-state index contributed by atoms with van der Waals surface area (Å²) in [6, 6.07) is 0.334. The number of aryl methyl sites for hydroxylation is 2. The fourth-order valence-corrected chi connectivity index (χ4v) is 5.76. The minimum atomic E-state index is 0.191. The number of thioether (sulfide) groups is 1. The average Bonchev–Trinajstić information content (AvgIpc) is 3.20. The molecule has 1 saturated heterocycles. The Morgan fingerprint density at radius 1 is 1.29 bits per heavy atom. The first kappa shape index (κ1) is 19.6. The van der Waals surface area contributed by atoms with Gasteiger partial charge in [-0.2, -0.15) is 0 Å². The minimum absolute atomic E-state index is 0.191. The van der Waals surface area contributed by atoms with Crippen LogP contribution in [0, 0.1) is 13.8 Å². The highest BCUT2D eigenvalue weighted by Crippen LogP contribution is 2.34. The van der Waals surface area contributed by atoms with Crippen LogP contribution in [0.25, 0.3) is 15.9 Å². The molecule has 3 aromatic rings. The number of aromatic nitrogens is 4. The van der Waals surface area contributed by atoms with E-state index >= 15 is 0 Å². The van der Waals surface area contributed by atoms with Gasteiger partial charge in [-0.15, -0.1) is 21.5 Å². The van der Waals surface area contributed by atoms with Crippen molar-refractivity contribution in [1.82, 2.24) is 24.5 Å². The summed E-state index contributed by atoms with van der Waals surface area (Å²) in [7, 11) is 0. The Morgan fingerprint density at radius 2 is 2.07 bits per heavy atom. The molecule has 3 aromatic heterocycles. The van der Waals surface area contributed by atoms with E-state index in [0.29, 0.717) is 11.8 Å². The number of amides is 1. The quantitative estimate of drug-likeness (QED) is 0.582. The van der Waals surface area contributed by atoms with Crippen LogP contribution in [0.4, 0.5) is 0 Å². The lowest BCUT2D eigenvalue weighted by molar-refractivity contribution is -0.131. The van der Waals surface area contributed by atoms with E-state index in [-0.39, 0.29) is 11.8 Å². The number of rotatable bonds is 4. The average molecular weight is 418 g/mol. The van der Waals surface area contributed by atoms with Gasteiger partial charge in [0.25, 0.3) is 0 Å². The number of carbonyl (C=O) groups is 1. The van der Waals surface area contributed by atoms with Crippen molar-refractivity contribution in [1.29, 1.82) is 0 Å². The maximum Gasteiger partial charge on any atom is 0.233 e. The third kappa shape index (κ3) is 3.30. The van der Waals surface area contributed by atoms with Crippen molar-refractivity contribution in [3.05, 3.63) is 16.3 Å². The van der Waals surface area contributed by atoms with Crippen molar-refractivity contribution >= 4 is 44.9 Å². The third-order valence-electron chi connectivity index (χ3n) is 5.63. The summed E-state index contributed by atoms with van der Waals surface area (Å²) in [4.78, 5) is 22.0. The SMILES string of the molecule is Cc1sc2nc(C(C)C)n3c(SCC(=O)N4CCCCC4C)nnc3c2c1C. The molecule has 1 aliphatic rings. The van der Waals surface area contributed by atoms with E-state index in [9.17, 15) is 4.79 Å². The molecular formula is C20H27N5OS2. The molecule has 0 radical (unpaired) electrons. The summed E-state index contributed by atoms with van der Waals surface area (Å²) < 4.78 is 2.06. The topological polar surface area (TPSA) is 63.4 Å². The van der Waals surface area contributed by atoms with Gasteiger partial charge in [0.2, 0.25) is 5.91 Å². The largest absolute Gasteiger partial charge is 0.339 e. The molecule has 0 saturated carbocycles. The molecule has 28 heavy (non-hydrogen) atoms. The highest BCUT2D eigenvalue weighted by atomic mass is 32.2. The molecule has 0 bridgehead atoms. The molecule has 6 nitrogen and oxygen atoms in total. The molecule has 1 unspecified atom stereocenters. The van der Waals surface area contributed by atoms with Gasteiger partial charge in [-0.1, -0.05) is 25.6 Å². The predicted octanol–water partition coefficient (Wildman–Crippen LogP) is 4.57. The molecule has 1 aliphatic heterocycles. The summed E-state index contributed by atoms with van der Waals surface area (Å²) in [5.74, 6) is 1.77. The van der Waals surface area contributed by atoms with Crippen LogP contribution in [-0.2, 0) is 4.79 Å². The number of hydrogen-bond acceptors (Lipinski definition) is 6. The van der Waals surface area contributed by atoms with Crippen molar-refractivity contribution in [2.24, 2.45) is 0 Å². The number of fused-ring (bicyclic) bond motifs is 3. The summed E-state index contributed by atoms with van der Waals surface area (Å²) in [6.07, 6.45) is 3.41. The number of hydrogen-bond donors (Lipinski definition) is 0. The Morgan fingerprint density at radius 3 is 2.79 bits per heavy atom. The first-order valence-electron chi connectivity index (χ1n) is 9.95. The van der Waals surface area contributed by atoms with E-state index in [4.69, 9.17) is 4.98 Å². The molecule has 150 valence electrons. The molecule has 1 amide bonds. The Balaban J connectivity index is 1.70. The van der Waals surface area contributed by atoms with Gasteiger partial charge in [0.15, 0.2) is 10.8 Å². The molecule has 0 spiro atoms. The van der Waals surface area contributed by atoms with Gasteiger partial charge < -0.3 is 4.90 Å². The number of piperidine rings is 1. The van der Waals surface area contributed by atoms with Gasteiger partial charge in [-0.3, -0.25) is 9.20 Å². The molecule has 0 N–H and O–H groups in total. The lowest BCUT2D eigenvalue weighted by atomic mass is 10.0. The number of likely N-dealkylation sites (tertiary alicyclic amines) is 1. The predicted molar refractivity (Wildman–Crippen MR) is 115 cm³/mol. The molecule has 4 rings (SSSR count). The molecule has 8 heteroatoms. The van der Waals surface area contributed by atoms with Crippen LogP contribution in [0.2, 0.25) is 0 Å². The van der Waals surface area contributed by atoms with Crippen LogP contribution < -0.4 is 0 Å². The van der Waals surface area contributed by atoms with Crippen molar-refractivity contribution < 1.29 is 4.79 Å². The molecule has 1 atom stereocenters. The number of nitrogens with zero attached hydrogens (tertiary/aromatic N) is 5. The first-order chi connectivity index (χ1) is 13.4.